The van der Waals surface area contributed by atoms with E-state index in [9.17, 15) is 4.79 Å². The van der Waals surface area contributed by atoms with E-state index in [-0.39, 0.29) is 17.3 Å². The predicted molar refractivity (Wildman–Crippen MR) is 107 cm³/mol. The molecular weight excluding hydrogens is 393 g/mol. The number of fused-ring (bicyclic) bond motifs is 1. The molecule has 0 aliphatic carbocycles. The van der Waals surface area contributed by atoms with Gasteiger partial charge in [-0.2, -0.15) is 4.98 Å². The molecule has 0 bridgehead atoms. The first-order valence-electron chi connectivity index (χ1n) is 9.40. The van der Waals surface area contributed by atoms with E-state index in [0.29, 0.717) is 47.8 Å². The Morgan fingerprint density at radius 1 is 1.33 bits per heavy atom. The molecule has 0 radical (unpaired) electrons. The number of imidazole rings is 1. The molecule has 0 saturated heterocycles. The van der Waals surface area contributed by atoms with Crippen LogP contribution in [0.25, 0.3) is 33.5 Å². The van der Waals surface area contributed by atoms with E-state index >= 15 is 4.39 Å². The van der Waals surface area contributed by atoms with E-state index in [1.165, 1.54) is 13.0 Å². The zero-order valence-electron chi connectivity index (χ0n) is 16.0. The highest BCUT2D eigenvalue weighted by Gasteiger charge is 2.26. The molecule has 1 amide bonds. The number of rotatable bonds is 4. The predicted octanol–water partition coefficient (Wildman–Crippen LogP) is 2.60. The number of carbonyl (C=O) groups excluding carboxylic acids is 1. The summed E-state index contributed by atoms with van der Waals surface area (Å²) in [7, 11) is 0. The minimum absolute atomic E-state index is 0.0701. The molecule has 4 aromatic rings. The number of aromatic nitrogens is 3. The number of nitrogen functional groups attached to an aromatic ring is 1. The third kappa shape index (κ3) is 2.79. The van der Waals surface area contributed by atoms with Gasteiger partial charge in [0.05, 0.1) is 6.61 Å². The van der Waals surface area contributed by atoms with Crippen LogP contribution < -0.4 is 20.9 Å². The summed E-state index contributed by atoms with van der Waals surface area (Å²) in [6.45, 7) is 2.49. The summed E-state index contributed by atoms with van der Waals surface area (Å²) < 4.78 is 33.7. The second-order valence-electron chi connectivity index (χ2n) is 7.07. The Labute approximate surface area is 169 Å². The average Bonchev–Trinajstić information content (AvgIpc) is 3.20. The normalized spacial score (nSPS) is 14.5. The lowest BCUT2D eigenvalue weighted by atomic mass is 10.2. The van der Waals surface area contributed by atoms with Gasteiger partial charge in [0, 0.05) is 18.2 Å². The molecule has 0 unspecified atom stereocenters. The van der Waals surface area contributed by atoms with E-state index in [1.807, 2.05) is 10.6 Å². The van der Waals surface area contributed by atoms with Crippen LogP contribution in [0.5, 0.6) is 11.5 Å². The molecule has 9 nitrogen and oxygen atoms in total. The topological polar surface area (TPSA) is 131 Å². The Balaban J connectivity index is 1.72. The van der Waals surface area contributed by atoms with Crippen molar-refractivity contribution in [2.24, 2.45) is 5.73 Å². The zero-order valence-corrected chi connectivity index (χ0v) is 16.0. The number of amides is 1. The molecule has 0 fully saturated rings. The molecule has 2 aromatic carbocycles. The summed E-state index contributed by atoms with van der Waals surface area (Å²) in [5, 5.41) is 0. The fourth-order valence-corrected chi connectivity index (χ4v) is 3.59. The van der Waals surface area contributed by atoms with Crippen molar-refractivity contribution in [2.75, 3.05) is 12.3 Å². The van der Waals surface area contributed by atoms with Crippen molar-refractivity contribution >= 4 is 34.1 Å². The molecule has 4 N–H and O–H groups in total. The molecule has 1 aliphatic rings. The van der Waals surface area contributed by atoms with Crippen LogP contribution in [0.2, 0.25) is 0 Å². The number of oxazole rings is 1. The number of benzene rings is 2. The minimum atomic E-state index is -1.00. The minimum Gasteiger partial charge on any atom is -0.491 e. The second-order valence-corrected chi connectivity index (χ2v) is 7.07. The molecule has 5 rings (SSSR count). The molecule has 1 aliphatic heterocycles. The van der Waals surface area contributed by atoms with Gasteiger partial charge >= 0.3 is 0 Å². The summed E-state index contributed by atoms with van der Waals surface area (Å²) in [5.74, 6) is -0.534. The molecule has 2 aromatic heterocycles. The zero-order chi connectivity index (χ0) is 21.0. The number of nitrogens with two attached hydrogens (primary N) is 2. The number of halogens is 1. The number of primary amides is 1. The summed E-state index contributed by atoms with van der Waals surface area (Å²) >= 11 is 0. The van der Waals surface area contributed by atoms with Crippen LogP contribution in [0.15, 0.2) is 28.7 Å². The Bertz CT molecular complexity index is 1310. The first-order valence-corrected chi connectivity index (χ1v) is 9.40. The SMILES string of the molecule is C[C@H](Oc1cc2c3c(nc(-c4ccc5oc(N)nc5c4)n3CCCO2)c1F)C(N)=O. The van der Waals surface area contributed by atoms with Crippen LogP contribution in [0.4, 0.5) is 10.4 Å². The highest BCUT2D eigenvalue weighted by Crippen LogP contribution is 2.39. The van der Waals surface area contributed by atoms with Gasteiger partial charge in [0.15, 0.2) is 23.3 Å². The van der Waals surface area contributed by atoms with E-state index < -0.39 is 17.8 Å². The third-order valence-electron chi connectivity index (χ3n) is 5.04. The van der Waals surface area contributed by atoms with Crippen molar-refractivity contribution in [3.8, 4) is 22.9 Å². The van der Waals surface area contributed by atoms with Crippen molar-refractivity contribution in [3.63, 3.8) is 0 Å². The number of carbonyl (C=O) groups is 1. The number of hydrogen-bond donors (Lipinski definition) is 2. The van der Waals surface area contributed by atoms with Gasteiger partial charge in [0.2, 0.25) is 0 Å². The van der Waals surface area contributed by atoms with E-state index in [1.54, 1.807) is 12.1 Å². The summed E-state index contributed by atoms with van der Waals surface area (Å²) in [6, 6.07) is 6.85. The van der Waals surface area contributed by atoms with Crippen LogP contribution in [-0.4, -0.2) is 33.2 Å². The Morgan fingerprint density at radius 3 is 2.97 bits per heavy atom. The van der Waals surface area contributed by atoms with Crippen LogP contribution in [-0.2, 0) is 11.3 Å². The van der Waals surface area contributed by atoms with E-state index in [4.69, 9.17) is 25.4 Å². The number of aryl methyl sites for hydroxylation is 1. The molecule has 10 heteroatoms. The van der Waals surface area contributed by atoms with E-state index in [0.717, 1.165) is 5.56 Å². The maximum Gasteiger partial charge on any atom is 0.292 e. The van der Waals surface area contributed by atoms with Crippen LogP contribution >= 0.6 is 0 Å². The van der Waals surface area contributed by atoms with Crippen molar-refractivity contribution in [1.82, 2.24) is 14.5 Å². The fraction of sp³-hybridized carbons (Fsp3) is 0.250. The fourth-order valence-electron chi connectivity index (χ4n) is 3.59. The van der Waals surface area contributed by atoms with Gasteiger partial charge in [-0.05, 0) is 31.5 Å². The number of ether oxygens (including phenoxy) is 2. The second kappa shape index (κ2) is 6.61. The molecule has 1 atom stereocenters. The van der Waals surface area contributed by atoms with Crippen LogP contribution in [0, 0.1) is 5.82 Å². The number of anilines is 1. The van der Waals surface area contributed by atoms with Crippen LogP contribution in [0.1, 0.15) is 13.3 Å². The molecule has 3 heterocycles. The number of hydrogen-bond acceptors (Lipinski definition) is 7. The van der Waals surface area contributed by atoms with Gasteiger partial charge in [-0.15, -0.1) is 0 Å². The Hall–Kier alpha value is -3.82. The first-order chi connectivity index (χ1) is 14.4. The lowest BCUT2D eigenvalue weighted by Gasteiger charge is -2.14. The number of nitrogens with zero attached hydrogens (tertiary/aromatic N) is 3. The lowest BCUT2D eigenvalue weighted by molar-refractivity contribution is -0.124. The molecule has 30 heavy (non-hydrogen) atoms. The maximum absolute atomic E-state index is 15.3. The highest BCUT2D eigenvalue weighted by molar-refractivity contribution is 5.90. The Kier molecular flexibility index (Phi) is 4.02. The van der Waals surface area contributed by atoms with Gasteiger partial charge in [-0.1, -0.05) is 0 Å². The summed E-state index contributed by atoms with van der Waals surface area (Å²) in [4.78, 5) is 20.0. The lowest BCUT2D eigenvalue weighted by Crippen LogP contribution is -2.30. The smallest absolute Gasteiger partial charge is 0.292 e. The first kappa shape index (κ1) is 18.2. The van der Waals surface area contributed by atoms with Crippen molar-refractivity contribution in [2.45, 2.75) is 26.0 Å². The third-order valence-corrected chi connectivity index (χ3v) is 5.04. The molecule has 0 saturated carbocycles. The molecule has 0 spiro atoms. The largest absolute Gasteiger partial charge is 0.491 e. The van der Waals surface area contributed by atoms with Gasteiger partial charge < -0.3 is 29.9 Å². The van der Waals surface area contributed by atoms with Crippen molar-refractivity contribution in [3.05, 3.63) is 30.1 Å². The van der Waals surface area contributed by atoms with Crippen LogP contribution in [0.3, 0.4) is 0 Å². The summed E-state index contributed by atoms with van der Waals surface area (Å²) in [5.41, 5.74) is 13.4. The van der Waals surface area contributed by atoms with Crippen molar-refractivity contribution < 1.29 is 23.1 Å². The van der Waals surface area contributed by atoms with Gasteiger partial charge in [0.25, 0.3) is 11.9 Å². The average molecular weight is 411 g/mol. The van der Waals surface area contributed by atoms with E-state index in [2.05, 4.69) is 9.97 Å². The van der Waals surface area contributed by atoms with Gasteiger partial charge in [-0.25, -0.2) is 9.37 Å². The maximum atomic E-state index is 15.3. The molecule has 154 valence electrons. The Morgan fingerprint density at radius 2 is 2.17 bits per heavy atom. The monoisotopic (exact) mass is 411 g/mol. The quantitative estimate of drug-likeness (QED) is 0.527. The standard InChI is InChI=1S/C20H18FN5O4/c1-9(18(22)27)29-13-8-14-17-16(15(13)21)25-19(26(17)5-2-6-28-14)10-3-4-12-11(7-10)24-20(23)30-12/h3-4,7-9H,2,5-6H2,1H3,(H2,22,27)(H2,23,24)/t9-/m0/s1. The highest BCUT2D eigenvalue weighted by atomic mass is 19.1. The van der Waals surface area contributed by atoms with Gasteiger partial charge in [-0.3, -0.25) is 4.79 Å². The van der Waals surface area contributed by atoms with Gasteiger partial charge in [0.1, 0.15) is 28.1 Å². The van der Waals surface area contributed by atoms with Crippen molar-refractivity contribution in [1.29, 1.82) is 0 Å². The summed E-state index contributed by atoms with van der Waals surface area (Å²) in [6.07, 6.45) is -0.293. The molecular formula is C20H18FN5O4.